The fraction of sp³-hybridized carbons (Fsp3) is 0.444. The van der Waals surface area contributed by atoms with Crippen molar-refractivity contribution in [2.24, 2.45) is 5.92 Å². The summed E-state index contributed by atoms with van der Waals surface area (Å²) in [6, 6.07) is 9.46. The number of carbonyl (C=O) groups is 3. The third-order valence-electron chi connectivity index (χ3n) is 3.59. The van der Waals surface area contributed by atoms with E-state index in [-0.39, 0.29) is 18.7 Å². The highest BCUT2D eigenvalue weighted by atomic mass is 16.5. The first-order chi connectivity index (χ1) is 11.9. The second-order valence-electron chi connectivity index (χ2n) is 5.79. The number of ether oxygens (including phenoxy) is 1. The van der Waals surface area contributed by atoms with Crippen LogP contribution in [0.4, 0.5) is 0 Å². The molecule has 1 aromatic rings. The van der Waals surface area contributed by atoms with Crippen molar-refractivity contribution in [3.63, 3.8) is 0 Å². The Labute approximate surface area is 147 Å². The monoisotopic (exact) mass is 345 g/mol. The standard InChI is InChI=1S/C18H23N3O4/c1-12(11-19)9-16(18(24)25-3)21-17(23)15(20-13(2)22)10-14-7-5-4-6-8-14/h4-8,12,15-16H,9-10H2,1-3H3,(H,20,22)(H,21,23)/t12-,15-,16-/m0/s1. The van der Waals surface area contributed by atoms with Crippen LogP contribution in [0.1, 0.15) is 25.8 Å². The second-order valence-corrected chi connectivity index (χ2v) is 5.79. The first kappa shape index (κ1) is 20.2. The Bertz CT molecular complexity index is 639. The van der Waals surface area contributed by atoms with Gasteiger partial charge in [-0.05, 0) is 18.9 Å². The number of esters is 1. The highest BCUT2D eigenvalue weighted by Crippen LogP contribution is 2.08. The van der Waals surface area contributed by atoms with Crippen molar-refractivity contribution in [1.29, 1.82) is 5.26 Å². The lowest BCUT2D eigenvalue weighted by Crippen LogP contribution is -2.52. The molecular formula is C18H23N3O4. The highest BCUT2D eigenvalue weighted by molar-refractivity contribution is 5.90. The zero-order valence-corrected chi connectivity index (χ0v) is 14.6. The van der Waals surface area contributed by atoms with Crippen LogP contribution in [0.3, 0.4) is 0 Å². The van der Waals surface area contributed by atoms with Crippen LogP contribution in [0.2, 0.25) is 0 Å². The van der Waals surface area contributed by atoms with Gasteiger partial charge in [-0.3, -0.25) is 9.59 Å². The van der Waals surface area contributed by atoms with Gasteiger partial charge in [0.2, 0.25) is 11.8 Å². The summed E-state index contributed by atoms with van der Waals surface area (Å²) in [6.07, 6.45) is 0.418. The number of hydrogen-bond acceptors (Lipinski definition) is 5. The van der Waals surface area contributed by atoms with Crippen molar-refractivity contribution in [3.05, 3.63) is 35.9 Å². The molecule has 25 heavy (non-hydrogen) atoms. The van der Waals surface area contributed by atoms with Crippen LogP contribution in [-0.4, -0.2) is 37.0 Å². The molecule has 0 spiro atoms. The van der Waals surface area contributed by atoms with E-state index in [0.29, 0.717) is 0 Å². The molecular weight excluding hydrogens is 322 g/mol. The van der Waals surface area contributed by atoms with Crippen molar-refractivity contribution < 1.29 is 19.1 Å². The van der Waals surface area contributed by atoms with Gasteiger partial charge in [-0.1, -0.05) is 30.3 Å². The lowest BCUT2D eigenvalue weighted by Gasteiger charge is -2.22. The molecule has 0 unspecified atom stereocenters. The molecule has 0 aliphatic rings. The average Bonchev–Trinajstić information content (AvgIpc) is 2.60. The van der Waals surface area contributed by atoms with E-state index in [2.05, 4.69) is 15.4 Å². The molecule has 0 aliphatic carbocycles. The molecule has 0 bridgehead atoms. The molecule has 2 amide bonds. The van der Waals surface area contributed by atoms with Gasteiger partial charge >= 0.3 is 5.97 Å². The Balaban J connectivity index is 2.88. The zero-order chi connectivity index (χ0) is 18.8. The van der Waals surface area contributed by atoms with Gasteiger partial charge in [0.05, 0.1) is 13.2 Å². The number of nitrogens with one attached hydrogen (secondary N) is 2. The summed E-state index contributed by atoms with van der Waals surface area (Å²) in [5.41, 5.74) is 0.872. The maximum absolute atomic E-state index is 12.6. The largest absolute Gasteiger partial charge is 0.467 e. The summed E-state index contributed by atoms with van der Waals surface area (Å²) in [5.74, 6) is -1.91. The van der Waals surface area contributed by atoms with Gasteiger partial charge in [-0.15, -0.1) is 0 Å². The Morgan fingerprint density at radius 1 is 1.16 bits per heavy atom. The quantitative estimate of drug-likeness (QED) is 0.682. The fourth-order valence-electron chi connectivity index (χ4n) is 2.34. The Morgan fingerprint density at radius 2 is 1.80 bits per heavy atom. The smallest absolute Gasteiger partial charge is 0.328 e. The molecule has 0 aromatic heterocycles. The van der Waals surface area contributed by atoms with Crippen LogP contribution in [0.25, 0.3) is 0 Å². The lowest BCUT2D eigenvalue weighted by atomic mass is 10.0. The van der Waals surface area contributed by atoms with E-state index in [0.717, 1.165) is 5.56 Å². The summed E-state index contributed by atoms with van der Waals surface area (Å²) in [4.78, 5) is 35.9. The third kappa shape index (κ3) is 7.04. The summed E-state index contributed by atoms with van der Waals surface area (Å²) in [5, 5.41) is 14.1. The van der Waals surface area contributed by atoms with Crippen molar-refractivity contribution >= 4 is 17.8 Å². The van der Waals surface area contributed by atoms with E-state index in [4.69, 9.17) is 5.26 Å². The van der Waals surface area contributed by atoms with Gasteiger partial charge in [0, 0.05) is 19.3 Å². The van der Waals surface area contributed by atoms with E-state index in [1.807, 2.05) is 36.4 Å². The fourth-order valence-corrected chi connectivity index (χ4v) is 2.34. The molecule has 3 atom stereocenters. The zero-order valence-electron chi connectivity index (χ0n) is 14.6. The molecule has 0 saturated carbocycles. The topological polar surface area (TPSA) is 108 Å². The van der Waals surface area contributed by atoms with Crippen molar-refractivity contribution in [2.75, 3.05) is 7.11 Å². The van der Waals surface area contributed by atoms with E-state index in [1.165, 1.54) is 14.0 Å². The Kier molecular flexibility index (Phi) is 8.13. The maximum atomic E-state index is 12.6. The minimum absolute atomic E-state index is 0.132. The number of methoxy groups -OCH3 is 1. The minimum Gasteiger partial charge on any atom is -0.467 e. The predicted octanol–water partition coefficient (Wildman–Crippen LogP) is 0.941. The summed E-state index contributed by atoms with van der Waals surface area (Å²) >= 11 is 0. The third-order valence-corrected chi connectivity index (χ3v) is 3.59. The van der Waals surface area contributed by atoms with Crippen LogP contribution in [-0.2, 0) is 25.5 Å². The first-order valence-electron chi connectivity index (χ1n) is 7.96. The van der Waals surface area contributed by atoms with E-state index >= 15 is 0 Å². The molecule has 0 heterocycles. The molecule has 134 valence electrons. The van der Waals surface area contributed by atoms with E-state index in [1.54, 1.807) is 6.92 Å². The summed E-state index contributed by atoms with van der Waals surface area (Å²) < 4.78 is 4.69. The van der Waals surface area contributed by atoms with Gasteiger partial charge in [-0.2, -0.15) is 5.26 Å². The molecule has 2 N–H and O–H groups in total. The molecule has 0 radical (unpaired) electrons. The molecule has 0 fully saturated rings. The maximum Gasteiger partial charge on any atom is 0.328 e. The molecule has 1 rings (SSSR count). The van der Waals surface area contributed by atoms with Crippen molar-refractivity contribution in [1.82, 2.24) is 10.6 Å². The van der Waals surface area contributed by atoms with Gasteiger partial charge < -0.3 is 15.4 Å². The molecule has 1 aromatic carbocycles. The van der Waals surface area contributed by atoms with Crippen molar-refractivity contribution in [3.8, 4) is 6.07 Å². The summed E-state index contributed by atoms with van der Waals surface area (Å²) in [7, 11) is 1.22. The van der Waals surface area contributed by atoms with Gasteiger partial charge in [0.1, 0.15) is 12.1 Å². The van der Waals surface area contributed by atoms with Crippen LogP contribution in [0.15, 0.2) is 30.3 Å². The number of nitrogens with zero attached hydrogens (tertiary/aromatic N) is 1. The Hall–Kier alpha value is -2.88. The SMILES string of the molecule is COC(=O)[C@H](C[C@H](C)C#N)NC(=O)[C@H](Cc1ccccc1)NC(C)=O. The van der Waals surface area contributed by atoms with E-state index in [9.17, 15) is 14.4 Å². The number of rotatable bonds is 8. The van der Waals surface area contributed by atoms with Crippen molar-refractivity contribution in [2.45, 2.75) is 38.8 Å². The number of benzene rings is 1. The number of amides is 2. The lowest BCUT2D eigenvalue weighted by molar-refractivity contribution is -0.145. The van der Waals surface area contributed by atoms with E-state index < -0.39 is 29.9 Å². The highest BCUT2D eigenvalue weighted by Gasteiger charge is 2.28. The molecule has 7 nitrogen and oxygen atoms in total. The van der Waals surface area contributed by atoms with Gasteiger partial charge in [-0.25, -0.2) is 4.79 Å². The summed E-state index contributed by atoms with van der Waals surface area (Å²) in [6.45, 7) is 2.97. The number of carbonyl (C=O) groups excluding carboxylic acids is 3. The molecule has 0 saturated heterocycles. The predicted molar refractivity (Wildman–Crippen MR) is 91.1 cm³/mol. The van der Waals surface area contributed by atoms with Gasteiger partial charge in [0.15, 0.2) is 0 Å². The number of nitriles is 1. The second kappa shape index (κ2) is 10.1. The Morgan fingerprint density at radius 3 is 2.32 bits per heavy atom. The van der Waals surface area contributed by atoms with Crippen LogP contribution >= 0.6 is 0 Å². The number of hydrogen-bond donors (Lipinski definition) is 2. The average molecular weight is 345 g/mol. The van der Waals surface area contributed by atoms with Crippen LogP contribution in [0, 0.1) is 17.2 Å². The molecule has 7 heteroatoms. The minimum atomic E-state index is -0.945. The van der Waals surface area contributed by atoms with Crippen LogP contribution < -0.4 is 10.6 Å². The van der Waals surface area contributed by atoms with Crippen LogP contribution in [0.5, 0.6) is 0 Å². The molecule has 0 aliphatic heterocycles. The van der Waals surface area contributed by atoms with Gasteiger partial charge in [0.25, 0.3) is 0 Å². The normalized spacial score (nSPS) is 13.7. The first-order valence-corrected chi connectivity index (χ1v) is 7.96.